The SMILES string of the molecule is CC(C)(C)[Si](C)(C)OCCSCCCO. The van der Waals surface area contributed by atoms with Gasteiger partial charge in [0.1, 0.15) is 0 Å². The molecule has 0 atom stereocenters. The van der Waals surface area contributed by atoms with Crippen molar-refractivity contribution in [2.24, 2.45) is 0 Å². The fourth-order valence-electron chi connectivity index (χ4n) is 0.841. The van der Waals surface area contributed by atoms with E-state index in [9.17, 15) is 0 Å². The zero-order chi connectivity index (χ0) is 11.9. The minimum absolute atomic E-state index is 0.302. The lowest BCUT2D eigenvalue weighted by molar-refractivity contribution is 0.296. The summed E-state index contributed by atoms with van der Waals surface area (Å²) < 4.78 is 6.03. The molecule has 0 amide bonds. The second-order valence-electron chi connectivity index (χ2n) is 5.30. The predicted octanol–water partition coefficient (Wildman–Crippen LogP) is 3.12. The fraction of sp³-hybridized carbons (Fsp3) is 1.00. The molecular weight excluding hydrogens is 224 g/mol. The third-order valence-corrected chi connectivity index (χ3v) is 8.51. The van der Waals surface area contributed by atoms with Gasteiger partial charge in [-0.15, -0.1) is 0 Å². The van der Waals surface area contributed by atoms with E-state index in [-0.39, 0.29) is 0 Å². The molecule has 0 heterocycles. The van der Waals surface area contributed by atoms with Crippen LogP contribution in [0.15, 0.2) is 0 Å². The average molecular weight is 250 g/mol. The molecule has 0 spiro atoms. The number of rotatable bonds is 7. The van der Waals surface area contributed by atoms with Gasteiger partial charge in [0.15, 0.2) is 8.32 Å². The van der Waals surface area contributed by atoms with Crippen LogP contribution in [0, 0.1) is 0 Å². The molecule has 0 unspecified atom stereocenters. The van der Waals surface area contributed by atoms with Gasteiger partial charge in [0.2, 0.25) is 0 Å². The van der Waals surface area contributed by atoms with E-state index in [0.29, 0.717) is 11.6 Å². The van der Waals surface area contributed by atoms with Crippen molar-refractivity contribution in [3.05, 3.63) is 0 Å². The lowest BCUT2D eigenvalue weighted by Crippen LogP contribution is -2.41. The summed E-state index contributed by atoms with van der Waals surface area (Å²) in [5, 5.41) is 8.93. The fourth-order valence-corrected chi connectivity index (χ4v) is 2.77. The molecule has 0 bridgehead atoms. The number of aliphatic hydroxyl groups is 1. The standard InChI is InChI=1S/C11H26O2SSi/c1-11(2,3)15(4,5)13-8-10-14-9-6-7-12/h12H,6-10H2,1-5H3. The molecule has 0 radical (unpaired) electrons. The second-order valence-corrected chi connectivity index (χ2v) is 11.3. The third kappa shape index (κ3) is 6.61. The Morgan fingerprint density at radius 1 is 1.20 bits per heavy atom. The van der Waals surface area contributed by atoms with E-state index in [1.807, 2.05) is 11.8 Å². The number of hydrogen-bond donors (Lipinski definition) is 1. The predicted molar refractivity (Wildman–Crippen MR) is 72.2 cm³/mol. The van der Waals surface area contributed by atoms with Gasteiger partial charge in [0, 0.05) is 19.0 Å². The lowest BCUT2D eigenvalue weighted by Gasteiger charge is -2.36. The van der Waals surface area contributed by atoms with Crippen LogP contribution < -0.4 is 0 Å². The number of thioether (sulfide) groups is 1. The molecule has 0 aliphatic carbocycles. The van der Waals surface area contributed by atoms with E-state index >= 15 is 0 Å². The zero-order valence-electron chi connectivity index (χ0n) is 10.8. The average Bonchev–Trinajstić information content (AvgIpc) is 2.09. The van der Waals surface area contributed by atoms with Crippen molar-refractivity contribution in [3.63, 3.8) is 0 Å². The van der Waals surface area contributed by atoms with Crippen LogP contribution in [0.1, 0.15) is 27.2 Å². The van der Waals surface area contributed by atoms with Crippen LogP contribution in [0.2, 0.25) is 18.1 Å². The molecule has 0 aromatic carbocycles. The molecule has 92 valence electrons. The van der Waals surface area contributed by atoms with E-state index in [1.54, 1.807) is 0 Å². The van der Waals surface area contributed by atoms with Crippen LogP contribution in [0.25, 0.3) is 0 Å². The first-order valence-electron chi connectivity index (χ1n) is 5.64. The van der Waals surface area contributed by atoms with Gasteiger partial charge in [-0.25, -0.2) is 0 Å². The Labute approximate surface area is 99.9 Å². The summed E-state index contributed by atoms with van der Waals surface area (Å²) in [5.74, 6) is 2.09. The van der Waals surface area contributed by atoms with Gasteiger partial charge >= 0.3 is 0 Å². The van der Waals surface area contributed by atoms with Gasteiger partial charge in [-0.2, -0.15) is 11.8 Å². The molecule has 4 heteroatoms. The van der Waals surface area contributed by atoms with E-state index in [2.05, 4.69) is 33.9 Å². The molecule has 0 aliphatic heterocycles. The van der Waals surface area contributed by atoms with Gasteiger partial charge in [0.25, 0.3) is 0 Å². The minimum atomic E-state index is -1.54. The van der Waals surface area contributed by atoms with E-state index in [0.717, 1.165) is 24.5 Å². The first-order chi connectivity index (χ1) is 6.81. The Balaban J connectivity index is 3.58. The van der Waals surface area contributed by atoms with Crippen molar-refractivity contribution in [1.82, 2.24) is 0 Å². The smallest absolute Gasteiger partial charge is 0.192 e. The molecule has 0 aliphatic rings. The van der Waals surface area contributed by atoms with E-state index in [1.165, 1.54) is 0 Å². The van der Waals surface area contributed by atoms with Crippen molar-refractivity contribution in [3.8, 4) is 0 Å². The van der Waals surface area contributed by atoms with Crippen molar-refractivity contribution >= 4 is 20.1 Å². The van der Waals surface area contributed by atoms with E-state index < -0.39 is 8.32 Å². The number of hydrogen-bond acceptors (Lipinski definition) is 3. The first kappa shape index (κ1) is 15.5. The Morgan fingerprint density at radius 2 is 1.80 bits per heavy atom. The topological polar surface area (TPSA) is 29.5 Å². The largest absolute Gasteiger partial charge is 0.416 e. The molecule has 0 aromatic rings. The maximum Gasteiger partial charge on any atom is 0.192 e. The van der Waals surface area contributed by atoms with Crippen molar-refractivity contribution in [2.75, 3.05) is 24.7 Å². The summed E-state index contributed by atoms with van der Waals surface area (Å²) in [6.07, 6.45) is 0.894. The van der Waals surface area contributed by atoms with Crippen molar-refractivity contribution < 1.29 is 9.53 Å². The molecule has 1 N–H and O–H groups in total. The van der Waals surface area contributed by atoms with Gasteiger partial charge in [0.05, 0.1) is 0 Å². The molecule has 0 saturated carbocycles. The highest BCUT2D eigenvalue weighted by molar-refractivity contribution is 7.99. The molecule has 0 saturated heterocycles. The van der Waals surface area contributed by atoms with Crippen LogP contribution >= 0.6 is 11.8 Å². The summed E-state index contributed by atoms with van der Waals surface area (Å²) in [6.45, 7) is 12.5. The van der Waals surface area contributed by atoms with Gasteiger partial charge < -0.3 is 9.53 Å². The van der Waals surface area contributed by atoms with Crippen LogP contribution in [-0.4, -0.2) is 38.1 Å². The molecule has 2 nitrogen and oxygen atoms in total. The Hall–Kier alpha value is 0.487. The minimum Gasteiger partial charge on any atom is -0.416 e. The maximum absolute atomic E-state index is 8.62. The number of aliphatic hydroxyl groups excluding tert-OH is 1. The Kier molecular flexibility index (Phi) is 7.16. The molecule has 0 aromatic heterocycles. The highest BCUT2D eigenvalue weighted by atomic mass is 32.2. The molecule has 0 rings (SSSR count). The first-order valence-corrected chi connectivity index (χ1v) is 9.70. The molecule has 0 fully saturated rings. The quantitative estimate of drug-likeness (QED) is 0.556. The van der Waals surface area contributed by atoms with Crippen molar-refractivity contribution in [2.45, 2.75) is 45.3 Å². The maximum atomic E-state index is 8.62. The lowest BCUT2D eigenvalue weighted by atomic mass is 10.2. The Morgan fingerprint density at radius 3 is 2.27 bits per heavy atom. The van der Waals surface area contributed by atoms with Crippen molar-refractivity contribution in [1.29, 1.82) is 0 Å². The summed E-state index contributed by atoms with van der Waals surface area (Å²) in [5.41, 5.74) is 0. The van der Waals surface area contributed by atoms with Crippen LogP contribution in [0.4, 0.5) is 0 Å². The summed E-state index contributed by atoms with van der Waals surface area (Å²) >= 11 is 1.87. The monoisotopic (exact) mass is 250 g/mol. The van der Waals surface area contributed by atoms with E-state index in [4.69, 9.17) is 9.53 Å². The van der Waals surface area contributed by atoms with Gasteiger partial charge in [-0.1, -0.05) is 20.8 Å². The zero-order valence-corrected chi connectivity index (χ0v) is 12.6. The van der Waals surface area contributed by atoms with Gasteiger partial charge in [-0.3, -0.25) is 0 Å². The van der Waals surface area contributed by atoms with Crippen LogP contribution in [-0.2, 0) is 4.43 Å². The summed E-state index contributed by atoms with van der Waals surface area (Å²) in [7, 11) is -1.54. The molecule has 15 heavy (non-hydrogen) atoms. The summed E-state index contributed by atoms with van der Waals surface area (Å²) in [6, 6.07) is 0. The highest BCUT2D eigenvalue weighted by Crippen LogP contribution is 2.36. The van der Waals surface area contributed by atoms with Crippen LogP contribution in [0.3, 0.4) is 0 Å². The molecular formula is C11H26O2SSi. The van der Waals surface area contributed by atoms with Gasteiger partial charge in [-0.05, 0) is 30.3 Å². The normalized spacial score (nSPS) is 13.2. The Bertz CT molecular complexity index is 166. The van der Waals surface area contributed by atoms with Crippen LogP contribution in [0.5, 0.6) is 0 Å². The highest BCUT2D eigenvalue weighted by Gasteiger charge is 2.36. The second kappa shape index (κ2) is 6.94. The summed E-state index contributed by atoms with van der Waals surface area (Å²) in [4.78, 5) is 0. The third-order valence-electron chi connectivity index (χ3n) is 2.94.